The summed E-state index contributed by atoms with van der Waals surface area (Å²) >= 11 is 0. The third-order valence-electron chi connectivity index (χ3n) is 2.36. The number of H-pyrrole nitrogens is 1. The maximum atomic E-state index is 12.1. The fourth-order valence-electron chi connectivity index (χ4n) is 1.17. The summed E-state index contributed by atoms with van der Waals surface area (Å²) in [6.07, 6.45) is -7.13. The van der Waals surface area contributed by atoms with E-state index in [9.17, 15) is 34.8 Å². The molecule has 0 fully saturated rings. The van der Waals surface area contributed by atoms with Crippen LogP contribution in [0.4, 0.5) is 26.3 Å². The van der Waals surface area contributed by atoms with E-state index in [4.69, 9.17) is 0 Å². The maximum Gasteiger partial charge on any atom is 0.435 e. The van der Waals surface area contributed by atoms with Gasteiger partial charge in [-0.05, 0) is 12.1 Å². The van der Waals surface area contributed by atoms with Gasteiger partial charge in [0.15, 0.2) is 5.69 Å². The molecule has 7 nitrogen and oxygen atoms in total. The van der Waals surface area contributed by atoms with Crippen LogP contribution in [0.5, 0.6) is 0 Å². The van der Waals surface area contributed by atoms with Gasteiger partial charge in [-0.3, -0.25) is 5.10 Å². The SMILES string of the molecule is CN(C)S(=O)(=O)n1ccc(C(F)(F)F)n1.FC(F)(F)c1ccn[nH]1. The Labute approximate surface area is 132 Å². The molecule has 0 amide bonds. The van der Waals surface area contributed by atoms with E-state index in [0.29, 0.717) is 6.07 Å². The lowest BCUT2D eigenvalue weighted by atomic mass is 10.4. The summed E-state index contributed by atoms with van der Waals surface area (Å²) in [5, 5.41) is 7.88. The van der Waals surface area contributed by atoms with Gasteiger partial charge in [-0.25, -0.2) is 0 Å². The number of aromatic nitrogens is 4. The van der Waals surface area contributed by atoms with Crippen LogP contribution in [0, 0.1) is 0 Å². The Bertz CT molecular complexity index is 748. The fraction of sp³-hybridized carbons (Fsp3) is 0.400. The molecule has 1 N–H and O–H groups in total. The quantitative estimate of drug-likeness (QED) is 0.809. The van der Waals surface area contributed by atoms with Crippen molar-refractivity contribution < 1.29 is 34.8 Å². The Hall–Kier alpha value is -2.09. The molecular formula is C10H11F6N5O2S. The number of halogens is 6. The van der Waals surface area contributed by atoms with Crippen LogP contribution in [-0.4, -0.2) is 46.2 Å². The van der Waals surface area contributed by atoms with Gasteiger partial charge in [0.1, 0.15) is 5.69 Å². The van der Waals surface area contributed by atoms with Gasteiger partial charge in [0, 0.05) is 26.5 Å². The van der Waals surface area contributed by atoms with Gasteiger partial charge in [-0.2, -0.15) is 53.3 Å². The highest BCUT2D eigenvalue weighted by Crippen LogP contribution is 2.27. The second kappa shape index (κ2) is 6.80. The second-order valence-corrected chi connectivity index (χ2v) is 6.33. The average Bonchev–Trinajstić information content (AvgIpc) is 3.10. The first-order chi connectivity index (χ1) is 10.8. The molecular weight excluding hydrogens is 368 g/mol. The summed E-state index contributed by atoms with van der Waals surface area (Å²) < 4.78 is 94.7. The minimum atomic E-state index is -4.65. The van der Waals surface area contributed by atoms with Crippen LogP contribution in [0.15, 0.2) is 24.5 Å². The number of hydrogen-bond acceptors (Lipinski definition) is 4. The van der Waals surface area contributed by atoms with Crippen molar-refractivity contribution in [2.45, 2.75) is 12.4 Å². The molecule has 0 aliphatic carbocycles. The Kier molecular flexibility index (Phi) is 5.66. The average molecular weight is 379 g/mol. The molecule has 0 atom stereocenters. The zero-order valence-electron chi connectivity index (χ0n) is 12.1. The third kappa shape index (κ3) is 4.95. The molecule has 2 rings (SSSR count). The molecule has 0 saturated heterocycles. The summed E-state index contributed by atoms with van der Waals surface area (Å²) in [7, 11) is -1.58. The normalized spacial score (nSPS) is 12.9. The van der Waals surface area contributed by atoms with Crippen LogP contribution in [-0.2, 0) is 22.6 Å². The van der Waals surface area contributed by atoms with E-state index >= 15 is 0 Å². The Morgan fingerprint density at radius 3 is 1.96 bits per heavy atom. The van der Waals surface area contributed by atoms with Gasteiger partial charge in [0.2, 0.25) is 0 Å². The minimum Gasteiger partial charge on any atom is -0.274 e. The zero-order valence-corrected chi connectivity index (χ0v) is 12.9. The van der Waals surface area contributed by atoms with Crippen LogP contribution < -0.4 is 0 Å². The number of aromatic amines is 1. The fourth-order valence-corrected chi connectivity index (χ4v) is 1.91. The van der Waals surface area contributed by atoms with Gasteiger partial charge < -0.3 is 0 Å². The molecule has 0 aliphatic rings. The first kappa shape index (κ1) is 20.0. The number of nitrogens with zero attached hydrogens (tertiary/aromatic N) is 4. The highest BCUT2D eigenvalue weighted by atomic mass is 32.2. The summed E-state index contributed by atoms with van der Waals surface area (Å²) in [4.78, 5) is 0. The predicted molar refractivity (Wildman–Crippen MR) is 68.8 cm³/mol. The van der Waals surface area contributed by atoms with Crippen LogP contribution >= 0.6 is 0 Å². The summed E-state index contributed by atoms with van der Waals surface area (Å²) in [6.45, 7) is 0. The molecule has 2 aromatic rings. The molecule has 2 heterocycles. The lowest BCUT2D eigenvalue weighted by Gasteiger charge is -2.10. The number of rotatable bonds is 2. The van der Waals surface area contributed by atoms with Crippen molar-refractivity contribution in [1.82, 2.24) is 23.7 Å². The first-order valence-electron chi connectivity index (χ1n) is 5.88. The van der Waals surface area contributed by atoms with Crippen LogP contribution in [0.1, 0.15) is 11.4 Å². The Morgan fingerprint density at radius 2 is 1.67 bits per heavy atom. The topological polar surface area (TPSA) is 83.9 Å². The number of hydrogen-bond donors (Lipinski definition) is 1. The van der Waals surface area contributed by atoms with Gasteiger partial charge in [-0.1, -0.05) is 0 Å². The largest absolute Gasteiger partial charge is 0.435 e. The minimum absolute atomic E-state index is 0.274. The van der Waals surface area contributed by atoms with Crippen molar-refractivity contribution in [2.75, 3.05) is 14.1 Å². The van der Waals surface area contributed by atoms with Crippen molar-refractivity contribution >= 4 is 10.2 Å². The van der Waals surface area contributed by atoms with Crippen molar-refractivity contribution in [3.05, 3.63) is 35.9 Å². The van der Waals surface area contributed by atoms with Crippen LogP contribution in [0.2, 0.25) is 0 Å². The summed E-state index contributed by atoms with van der Waals surface area (Å²) in [6, 6.07) is 1.47. The second-order valence-electron chi connectivity index (χ2n) is 4.33. The maximum absolute atomic E-state index is 12.1. The van der Waals surface area contributed by atoms with Gasteiger partial charge >= 0.3 is 22.6 Å². The van der Waals surface area contributed by atoms with E-state index in [0.717, 1.165) is 22.8 Å². The monoisotopic (exact) mass is 379 g/mol. The van der Waals surface area contributed by atoms with Gasteiger partial charge in [-0.15, -0.1) is 0 Å². The standard InChI is InChI=1S/C6H8F3N3O2S.C4H3F3N2/c1-11(2)15(13,14)12-4-3-5(10-12)6(7,8)9;5-4(6,7)3-1-2-8-9-3/h3-4H,1-2H3;1-2H,(H,8,9). The smallest absolute Gasteiger partial charge is 0.274 e. The Morgan fingerprint density at radius 1 is 1.08 bits per heavy atom. The van der Waals surface area contributed by atoms with Gasteiger partial charge in [0.05, 0.1) is 0 Å². The van der Waals surface area contributed by atoms with Crippen molar-refractivity contribution in [2.24, 2.45) is 0 Å². The molecule has 0 aromatic carbocycles. The van der Waals surface area contributed by atoms with Crippen molar-refractivity contribution in [1.29, 1.82) is 0 Å². The molecule has 2 aromatic heterocycles. The van der Waals surface area contributed by atoms with E-state index in [1.54, 1.807) is 5.10 Å². The highest BCUT2D eigenvalue weighted by molar-refractivity contribution is 7.87. The molecule has 0 unspecified atom stereocenters. The van der Waals surface area contributed by atoms with E-state index in [1.165, 1.54) is 14.1 Å². The lowest BCUT2D eigenvalue weighted by molar-refractivity contribution is -0.142. The highest BCUT2D eigenvalue weighted by Gasteiger charge is 2.35. The molecule has 0 spiro atoms. The summed E-state index contributed by atoms with van der Waals surface area (Å²) in [5.74, 6) is 0. The van der Waals surface area contributed by atoms with Crippen molar-refractivity contribution in [3.8, 4) is 0 Å². The molecule has 0 radical (unpaired) electrons. The van der Waals surface area contributed by atoms with E-state index in [-0.39, 0.29) is 4.09 Å². The molecule has 0 aliphatic heterocycles. The predicted octanol–water partition coefficient (Wildman–Crippen LogP) is 1.98. The Balaban J connectivity index is 0.000000272. The number of alkyl halides is 6. The van der Waals surface area contributed by atoms with Crippen LogP contribution in [0.3, 0.4) is 0 Å². The third-order valence-corrected chi connectivity index (χ3v) is 3.96. The van der Waals surface area contributed by atoms with E-state index < -0.39 is 33.9 Å². The van der Waals surface area contributed by atoms with E-state index in [2.05, 4.69) is 10.2 Å². The molecule has 136 valence electrons. The zero-order chi connectivity index (χ0) is 18.8. The summed E-state index contributed by atoms with van der Waals surface area (Å²) in [5.41, 5.74) is -2.06. The molecule has 0 bridgehead atoms. The van der Waals surface area contributed by atoms with Gasteiger partial charge in [0.25, 0.3) is 0 Å². The van der Waals surface area contributed by atoms with Crippen molar-refractivity contribution in [3.63, 3.8) is 0 Å². The van der Waals surface area contributed by atoms with E-state index in [1.807, 2.05) is 0 Å². The van der Waals surface area contributed by atoms with Crippen LogP contribution in [0.25, 0.3) is 0 Å². The lowest BCUT2D eigenvalue weighted by Crippen LogP contribution is -2.29. The number of nitrogens with one attached hydrogen (secondary N) is 1. The first-order valence-corrected chi connectivity index (χ1v) is 7.28. The molecule has 24 heavy (non-hydrogen) atoms. The molecule has 0 saturated carbocycles. The molecule has 14 heteroatoms.